The van der Waals surface area contributed by atoms with E-state index in [1.54, 1.807) is 4.68 Å². The molecule has 0 bridgehead atoms. The summed E-state index contributed by atoms with van der Waals surface area (Å²) in [6, 6.07) is 15.2. The zero-order valence-electron chi connectivity index (χ0n) is 14.9. The van der Waals surface area contributed by atoms with Crippen molar-refractivity contribution in [2.24, 2.45) is 0 Å². The van der Waals surface area contributed by atoms with E-state index in [1.165, 1.54) is 6.33 Å². The smallest absolute Gasteiger partial charge is 0.255 e. The van der Waals surface area contributed by atoms with Crippen LogP contribution < -0.4 is 10.6 Å². The molecule has 1 amide bonds. The third-order valence-electron chi connectivity index (χ3n) is 4.60. The Labute approximate surface area is 165 Å². The molecular formula is C20H18BrN5O. The lowest BCUT2D eigenvalue weighted by Gasteiger charge is -2.29. The van der Waals surface area contributed by atoms with Crippen molar-refractivity contribution in [3.63, 3.8) is 0 Å². The van der Waals surface area contributed by atoms with Gasteiger partial charge in [0, 0.05) is 15.9 Å². The van der Waals surface area contributed by atoms with Crippen molar-refractivity contribution < 1.29 is 4.79 Å². The summed E-state index contributed by atoms with van der Waals surface area (Å²) in [6.45, 7) is 3.85. The van der Waals surface area contributed by atoms with E-state index in [2.05, 4.69) is 36.6 Å². The van der Waals surface area contributed by atoms with Gasteiger partial charge in [-0.1, -0.05) is 46.3 Å². The van der Waals surface area contributed by atoms with Crippen molar-refractivity contribution in [3.05, 3.63) is 81.7 Å². The first kappa shape index (κ1) is 17.5. The lowest BCUT2D eigenvalue weighted by Crippen LogP contribution is -2.31. The molecule has 0 radical (unpaired) electrons. The number of amides is 1. The molecule has 2 heterocycles. The van der Waals surface area contributed by atoms with E-state index in [9.17, 15) is 4.79 Å². The van der Waals surface area contributed by atoms with Crippen LogP contribution in [0.5, 0.6) is 0 Å². The van der Waals surface area contributed by atoms with Crippen LogP contribution in [0.4, 0.5) is 11.6 Å². The van der Waals surface area contributed by atoms with E-state index < -0.39 is 0 Å². The van der Waals surface area contributed by atoms with E-state index in [4.69, 9.17) is 0 Å². The minimum absolute atomic E-state index is 0.166. The number of nitrogens with one attached hydrogen (secondary N) is 2. The average molecular weight is 424 g/mol. The Morgan fingerprint density at radius 2 is 2.00 bits per heavy atom. The number of aryl methyl sites for hydroxylation is 1. The highest BCUT2D eigenvalue weighted by Gasteiger charge is 2.33. The summed E-state index contributed by atoms with van der Waals surface area (Å²) in [7, 11) is 0. The largest absolute Gasteiger partial charge is 0.328 e. The molecule has 1 aromatic heterocycles. The van der Waals surface area contributed by atoms with Gasteiger partial charge in [0.05, 0.1) is 5.57 Å². The minimum atomic E-state index is -0.370. The third kappa shape index (κ3) is 3.26. The maximum absolute atomic E-state index is 13.2. The number of allylic oxidation sites excluding steroid dienone is 1. The topological polar surface area (TPSA) is 71.8 Å². The maximum Gasteiger partial charge on any atom is 0.255 e. The standard InChI is InChI=1S/C20H18BrN5O/c1-12-6-3-4-9-16(12)25-19(27)17-13(2)24-20-22-11-23-26(20)18(17)14-7-5-8-15(21)10-14/h3-11,18H,1-2H3,(H,25,27)(H,22,23,24). The molecule has 0 fully saturated rings. The van der Waals surface area contributed by atoms with Gasteiger partial charge in [-0.25, -0.2) is 4.68 Å². The molecule has 2 N–H and O–H groups in total. The van der Waals surface area contributed by atoms with Gasteiger partial charge in [0.15, 0.2) is 0 Å². The number of carbonyl (C=O) groups excluding carboxylic acids is 1. The Kier molecular flexibility index (Phi) is 4.53. The van der Waals surface area contributed by atoms with Gasteiger partial charge in [0.1, 0.15) is 12.4 Å². The second kappa shape index (κ2) is 7.00. The molecule has 1 unspecified atom stereocenters. The predicted octanol–water partition coefficient (Wildman–Crippen LogP) is 4.28. The number of aromatic nitrogens is 3. The Morgan fingerprint density at radius 1 is 1.19 bits per heavy atom. The van der Waals surface area contributed by atoms with Gasteiger partial charge in [-0.3, -0.25) is 4.79 Å². The monoisotopic (exact) mass is 423 g/mol. The zero-order chi connectivity index (χ0) is 19.0. The van der Waals surface area contributed by atoms with Gasteiger partial charge >= 0.3 is 0 Å². The number of anilines is 2. The van der Waals surface area contributed by atoms with Crippen molar-refractivity contribution in [1.29, 1.82) is 0 Å². The Hall–Kier alpha value is -2.93. The summed E-state index contributed by atoms with van der Waals surface area (Å²) < 4.78 is 2.68. The van der Waals surface area contributed by atoms with Crippen LogP contribution in [0.25, 0.3) is 0 Å². The molecule has 1 aliphatic heterocycles. The van der Waals surface area contributed by atoms with Gasteiger partial charge in [0.2, 0.25) is 5.95 Å². The molecule has 0 aliphatic carbocycles. The van der Waals surface area contributed by atoms with E-state index in [-0.39, 0.29) is 11.9 Å². The molecule has 0 spiro atoms. The number of benzene rings is 2. The van der Waals surface area contributed by atoms with Gasteiger partial charge in [-0.2, -0.15) is 10.1 Å². The molecule has 27 heavy (non-hydrogen) atoms. The molecule has 4 rings (SSSR count). The zero-order valence-corrected chi connectivity index (χ0v) is 16.5. The van der Waals surface area contributed by atoms with Crippen LogP contribution in [-0.2, 0) is 4.79 Å². The first-order chi connectivity index (χ1) is 13.0. The second-order valence-electron chi connectivity index (χ2n) is 6.42. The van der Waals surface area contributed by atoms with Gasteiger partial charge in [0.25, 0.3) is 5.91 Å². The van der Waals surface area contributed by atoms with Crippen LogP contribution in [0.2, 0.25) is 0 Å². The van der Waals surface area contributed by atoms with Crippen molar-refractivity contribution in [3.8, 4) is 0 Å². The van der Waals surface area contributed by atoms with E-state index in [0.717, 1.165) is 27.0 Å². The van der Waals surface area contributed by atoms with Crippen LogP contribution in [0.15, 0.2) is 70.6 Å². The molecule has 2 aromatic carbocycles. The normalized spacial score (nSPS) is 15.9. The molecular weight excluding hydrogens is 406 g/mol. The van der Waals surface area contributed by atoms with E-state index >= 15 is 0 Å². The predicted molar refractivity (Wildman–Crippen MR) is 108 cm³/mol. The van der Waals surface area contributed by atoms with Crippen molar-refractivity contribution in [1.82, 2.24) is 14.8 Å². The van der Waals surface area contributed by atoms with Crippen molar-refractivity contribution >= 4 is 33.5 Å². The number of hydrogen-bond donors (Lipinski definition) is 2. The number of fused-ring (bicyclic) bond motifs is 1. The summed E-state index contributed by atoms with van der Waals surface area (Å²) >= 11 is 3.52. The van der Waals surface area contributed by atoms with Crippen molar-refractivity contribution in [2.45, 2.75) is 19.9 Å². The van der Waals surface area contributed by atoms with Gasteiger partial charge in [-0.15, -0.1) is 0 Å². The first-order valence-corrected chi connectivity index (χ1v) is 9.33. The fourth-order valence-corrected chi connectivity index (χ4v) is 3.69. The number of para-hydroxylation sites is 1. The molecule has 1 atom stereocenters. The van der Waals surface area contributed by atoms with Gasteiger partial charge < -0.3 is 10.6 Å². The first-order valence-electron chi connectivity index (χ1n) is 8.54. The van der Waals surface area contributed by atoms with Crippen LogP contribution in [0.3, 0.4) is 0 Å². The summed E-state index contributed by atoms with van der Waals surface area (Å²) in [6.07, 6.45) is 1.49. The fraction of sp³-hybridized carbons (Fsp3) is 0.150. The van der Waals surface area contributed by atoms with Gasteiger partial charge in [-0.05, 0) is 43.2 Å². The third-order valence-corrected chi connectivity index (χ3v) is 5.09. The Morgan fingerprint density at radius 3 is 2.78 bits per heavy atom. The maximum atomic E-state index is 13.2. The highest BCUT2D eigenvalue weighted by Crippen LogP contribution is 2.36. The molecule has 7 heteroatoms. The number of halogens is 1. The molecule has 0 saturated carbocycles. The minimum Gasteiger partial charge on any atom is -0.328 e. The quantitative estimate of drug-likeness (QED) is 0.659. The number of carbonyl (C=O) groups is 1. The van der Waals surface area contributed by atoms with E-state index in [0.29, 0.717) is 11.5 Å². The average Bonchev–Trinajstić information content (AvgIpc) is 3.10. The lowest BCUT2D eigenvalue weighted by atomic mass is 9.95. The summed E-state index contributed by atoms with van der Waals surface area (Å²) in [4.78, 5) is 17.5. The molecule has 3 aromatic rings. The Balaban J connectivity index is 1.79. The summed E-state index contributed by atoms with van der Waals surface area (Å²) in [5.41, 5.74) is 4.11. The fourth-order valence-electron chi connectivity index (χ4n) is 3.27. The molecule has 1 aliphatic rings. The highest BCUT2D eigenvalue weighted by atomic mass is 79.9. The number of nitrogens with zero attached hydrogens (tertiary/aromatic N) is 3. The number of hydrogen-bond acceptors (Lipinski definition) is 4. The van der Waals surface area contributed by atoms with Crippen molar-refractivity contribution in [2.75, 3.05) is 10.6 Å². The van der Waals surface area contributed by atoms with Crippen LogP contribution in [-0.4, -0.2) is 20.7 Å². The van der Waals surface area contributed by atoms with Crippen LogP contribution in [0.1, 0.15) is 24.1 Å². The molecule has 6 nitrogen and oxygen atoms in total. The molecule has 0 saturated heterocycles. The SMILES string of the molecule is CC1=C(C(=O)Nc2ccccc2C)C(c2cccc(Br)c2)n2ncnc2N1. The summed E-state index contributed by atoms with van der Waals surface area (Å²) in [5, 5.41) is 10.6. The van der Waals surface area contributed by atoms with Crippen LogP contribution >= 0.6 is 15.9 Å². The Bertz CT molecular complexity index is 1060. The van der Waals surface area contributed by atoms with Crippen LogP contribution in [0, 0.1) is 6.92 Å². The van der Waals surface area contributed by atoms with E-state index in [1.807, 2.05) is 62.4 Å². The lowest BCUT2D eigenvalue weighted by molar-refractivity contribution is -0.113. The number of rotatable bonds is 3. The molecule has 136 valence electrons. The summed E-state index contributed by atoms with van der Waals surface area (Å²) in [5.74, 6) is 0.449. The highest BCUT2D eigenvalue weighted by molar-refractivity contribution is 9.10. The second-order valence-corrected chi connectivity index (χ2v) is 7.33.